The minimum atomic E-state index is -0.775. The quantitative estimate of drug-likeness (QED) is 0.0261. The fourth-order valence-corrected chi connectivity index (χ4v) is 10.2. The van der Waals surface area contributed by atoms with Crippen LogP contribution in [0.4, 0.5) is 0 Å². The van der Waals surface area contributed by atoms with Crippen molar-refractivity contribution in [1.82, 2.24) is 0 Å². The van der Waals surface area contributed by atoms with Crippen molar-refractivity contribution in [2.24, 2.45) is 0 Å². The van der Waals surface area contributed by atoms with E-state index >= 15 is 0 Å². The van der Waals surface area contributed by atoms with E-state index in [0.29, 0.717) is 19.3 Å². The van der Waals surface area contributed by atoms with Gasteiger partial charge in [0.2, 0.25) is 0 Å². The predicted octanol–water partition coefficient (Wildman–Crippen LogP) is 22.8. The summed E-state index contributed by atoms with van der Waals surface area (Å²) in [6.07, 6.45) is 78.8. The summed E-state index contributed by atoms with van der Waals surface area (Å²) in [5, 5.41) is 0. The van der Waals surface area contributed by atoms with Gasteiger partial charge < -0.3 is 14.2 Å². The first kappa shape index (κ1) is 72.6. The second-order valence-corrected chi connectivity index (χ2v) is 22.7. The first-order valence-electron chi connectivity index (χ1n) is 33.5. The molecule has 0 bridgehead atoms. The van der Waals surface area contributed by atoms with Crippen molar-refractivity contribution in [3.8, 4) is 0 Å². The molecule has 0 rings (SSSR count). The zero-order valence-corrected chi connectivity index (χ0v) is 50.6. The maximum atomic E-state index is 12.9. The third-order valence-corrected chi connectivity index (χ3v) is 15.2. The zero-order valence-electron chi connectivity index (χ0n) is 50.6. The lowest BCUT2D eigenvalue weighted by Crippen LogP contribution is -2.30. The molecule has 1 unspecified atom stereocenters. The number of allylic oxidation sites excluding steroid dienone is 6. The number of carbonyl (C=O) groups excluding carboxylic acids is 3. The summed E-state index contributed by atoms with van der Waals surface area (Å²) in [4.78, 5) is 38.4. The van der Waals surface area contributed by atoms with E-state index < -0.39 is 6.10 Å². The summed E-state index contributed by atoms with van der Waals surface area (Å²) in [7, 11) is 0. The Balaban J connectivity index is 4.27. The van der Waals surface area contributed by atoms with Crippen molar-refractivity contribution >= 4 is 17.9 Å². The maximum Gasteiger partial charge on any atom is 0.306 e. The van der Waals surface area contributed by atoms with Crippen LogP contribution in [0, 0.1) is 0 Å². The van der Waals surface area contributed by atoms with Crippen LogP contribution in [0.5, 0.6) is 0 Å². The molecule has 0 radical (unpaired) electrons. The van der Waals surface area contributed by atoms with Gasteiger partial charge in [-0.05, 0) is 51.4 Å². The number of unbranched alkanes of at least 4 members (excludes halogenated alkanes) is 45. The number of rotatable bonds is 62. The normalized spacial score (nSPS) is 12.2. The minimum Gasteiger partial charge on any atom is -0.462 e. The highest BCUT2D eigenvalue weighted by molar-refractivity contribution is 5.71. The molecule has 0 aromatic carbocycles. The Kier molecular flexibility index (Phi) is 62.1. The van der Waals surface area contributed by atoms with Gasteiger partial charge in [-0.3, -0.25) is 14.4 Å². The van der Waals surface area contributed by atoms with Crippen LogP contribution in [-0.2, 0) is 28.6 Å². The topological polar surface area (TPSA) is 78.9 Å². The van der Waals surface area contributed by atoms with Gasteiger partial charge in [0.25, 0.3) is 0 Å². The van der Waals surface area contributed by atoms with Crippen LogP contribution in [0.3, 0.4) is 0 Å². The number of hydrogen-bond acceptors (Lipinski definition) is 6. The smallest absolute Gasteiger partial charge is 0.306 e. The molecule has 0 spiro atoms. The van der Waals surface area contributed by atoms with Crippen LogP contribution in [0.1, 0.15) is 367 Å². The summed E-state index contributed by atoms with van der Waals surface area (Å²) in [6, 6.07) is 0. The van der Waals surface area contributed by atoms with Crippen LogP contribution in [-0.4, -0.2) is 37.2 Å². The number of carbonyl (C=O) groups is 3. The molecule has 0 N–H and O–H groups in total. The molecule has 0 heterocycles. The van der Waals surface area contributed by atoms with E-state index in [1.165, 1.54) is 244 Å². The van der Waals surface area contributed by atoms with Crippen LogP contribution in [0.15, 0.2) is 36.5 Å². The number of hydrogen-bond donors (Lipinski definition) is 0. The third-order valence-electron chi connectivity index (χ3n) is 15.2. The molecule has 0 saturated heterocycles. The summed E-state index contributed by atoms with van der Waals surface area (Å²) in [5.41, 5.74) is 0. The summed E-state index contributed by atoms with van der Waals surface area (Å²) < 4.78 is 17.0. The van der Waals surface area contributed by atoms with Crippen LogP contribution < -0.4 is 0 Å². The largest absolute Gasteiger partial charge is 0.462 e. The van der Waals surface area contributed by atoms with Gasteiger partial charge >= 0.3 is 17.9 Å². The number of ether oxygens (including phenoxy) is 3. The van der Waals surface area contributed by atoms with Crippen LogP contribution >= 0.6 is 0 Å². The van der Waals surface area contributed by atoms with E-state index in [4.69, 9.17) is 14.2 Å². The van der Waals surface area contributed by atoms with E-state index in [-0.39, 0.29) is 31.1 Å². The molecule has 75 heavy (non-hydrogen) atoms. The molecule has 0 aliphatic carbocycles. The van der Waals surface area contributed by atoms with Crippen molar-refractivity contribution in [3.63, 3.8) is 0 Å². The van der Waals surface area contributed by atoms with E-state index in [1.54, 1.807) is 0 Å². The second-order valence-electron chi connectivity index (χ2n) is 22.7. The van der Waals surface area contributed by atoms with E-state index in [1.807, 2.05) is 0 Å². The molecule has 0 amide bonds. The highest BCUT2D eigenvalue weighted by Crippen LogP contribution is 2.18. The molecule has 6 heteroatoms. The van der Waals surface area contributed by atoms with Gasteiger partial charge in [0.05, 0.1) is 0 Å². The third kappa shape index (κ3) is 62.4. The summed E-state index contributed by atoms with van der Waals surface area (Å²) in [5.74, 6) is -0.852. The first-order chi connectivity index (χ1) is 37.0. The molecule has 0 aliphatic rings. The standard InChI is InChI=1S/C69H128O6/c1-4-7-10-13-16-19-22-25-28-31-32-33-34-35-36-37-39-41-44-47-50-53-56-59-62-68(71)74-65-66(64-73-67(70)61-58-55-52-49-46-43-40-30-27-24-21-18-15-12-9-6-3)75-69(72)63-60-57-54-51-48-45-42-38-29-26-23-20-17-14-11-8-5-2/h8,11,17,20,26,29,66H,4-7,9-10,12-16,18-19,21-25,27-28,30-65H2,1-3H3/b11-8-,20-17-,29-26-. The Morgan fingerprint density at radius 1 is 0.280 bits per heavy atom. The summed E-state index contributed by atoms with van der Waals surface area (Å²) >= 11 is 0. The molecule has 440 valence electrons. The van der Waals surface area contributed by atoms with Gasteiger partial charge in [-0.25, -0.2) is 0 Å². The lowest BCUT2D eigenvalue weighted by Gasteiger charge is -2.18. The molecule has 0 aliphatic heterocycles. The molecular weight excluding hydrogens is 925 g/mol. The summed E-state index contributed by atoms with van der Waals surface area (Å²) in [6.45, 7) is 6.60. The Morgan fingerprint density at radius 2 is 0.520 bits per heavy atom. The van der Waals surface area contributed by atoms with Crippen molar-refractivity contribution < 1.29 is 28.6 Å². The van der Waals surface area contributed by atoms with Gasteiger partial charge in [0, 0.05) is 19.3 Å². The molecule has 6 nitrogen and oxygen atoms in total. The Morgan fingerprint density at radius 3 is 0.813 bits per heavy atom. The van der Waals surface area contributed by atoms with E-state index in [9.17, 15) is 14.4 Å². The fourth-order valence-electron chi connectivity index (χ4n) is 10.2. The minimum absolute atomic E-state index is 0.0706. The Bertz CT molecular complexity index is 1250. The highest BCUT2D eigenvalue weighted by atomic mass is 16.6. The highest BCUT2D eigenvalue weighted by Gasteiger charge is 2.19. The van der Waals surface area contributed by atoms with Crippen molar-refractivity contribution in [3.05, 3.63) is 36.5 Å². The Hall–Kier alpha value is -2.37. The second kappa shape index (κ2) is 64.2. The molecular formula is C69H128O6. The first-order valence-corrected chi connectivity index (χ1v) is 33.5. The monoisotopic (exact) mass is 1050 g/mol. The lowest BCUT2D eigenvalue weighted by molar-refractivity contribution is -0.167. The predicted molar refractivity (Wildman–Crippen MR) is 326 cm³/mol. The average molecular weight is 1050 g/mol. The lowest BCUT2D eigenvalue weighted by atomic mass is 10.0. The van der Waals surface area contributed by atoms with E-state index in [0.717, 1.165) is 83.5 Å². The van der Waals surface area contributed by atoms with Crippen molar-refractivity contribution in [2.45, 2.75) is 374 Å². The molecule has 0 fully saturated rings. The van der Waals surface area contributed by atoms with Gasteiger partial charge in [-0.1, -0.05) is 333 Å². The maximum absolute atomic E-state index is 12.9. The van der Waals surface area contributed by atoms with Gasteiger partial charge in [0.15, 0.2) is 6.10 Å². The van der Waals surface area contributed by atoms with Gasteiger partial charge in [-0.15, -0.1) is 0 Å². The Labute approximate surface area is 467 Å². The zero-order chi connectivity index (χ0) is 54.3. The SMILES string of the molecule is CC/C=C\C/C=C\C/C=C\CCCCCCCCCC(=O)OC(COC(=O)CCCCCCCCCCCCCCCCCC)COC(=O)CCCCCCCCCCCCCCCCCCCCCCCCCC. The molecule has 1 atom stereocenters. The fraction of sp³-hybridized carbons (Fsp3) is 0.870. The molecule has 0 aromatic heterocycles. The van der Waals surface area contributed by atoms with Gasteiger partial charge in [0.1, 0.15) is 13.2 Å². The van der Waals surface area contributed by atoms with Crippen LogP contribution in [0.2, 0.25) is 0 Å². The number of esters is 3. The van der Waals surface area contributed by atoms with E-state index in [2.05, 4.69) is 57.2 Å². The molecule has 0 aromatic rings. The average Bonchev–Trinajstić information content (AvgIpc) is 3.41. The van der Waals surface area contributed by atoms with Crippen molar-refractivity contribution in [2.75, 3.05) is 13.2 Å². The molecule has 0 saturated carbocycles. The van der Waals surface area contributed by atoms with Crippen LogP contribution in [0.25, 0.3) is 0 Å². The van der Waals surface area contributed by atoms with Crippen molar-refractivity contribution in [1.29, 1.82) is 0 Å². The van der Waals surface area contributed by atoms with Gasteiger partial charge in [-0.2, -0.15) is 0 Å².